The highest BCUT2D eigenvalue weighted by molar-refractivity contribution is 7.98. The molecule has 2 heterocycles. The Balaban J connectivity index is 1.58. The standard InChI is InChI=1S/C23H21FN4OS/c1-2-26-22(29)18-7-3-16(4-8-18)14-28-21-13-25-12-11-20(21)27-23(28)30-15-17-5-9-19(24)10-6-17/h3-13H,2,14-15H2,1H3,(H,26,29). The van der Waals surface area contributed by atoms with Crippen molar-refractivity contribution in [1.29, 1.82) is 0 Å². The van der Waals surface area contributed by atoms with E-state index in [1.807, 2.05) is 43.5 Å². The van der Waals surface area contributed by atoms with Crippen molar-refractivity contribution in [1.82, 2.24) is 19.9 Å². The Morgan fingerprint density at radius 2 is 1.80 bits per heavy atom. The van der Waals surface area contributed by atoms with Crippen molar-refractivity contribution < 1.29 is 9.18 Å². The van der Waals surface area contributed by atoms with E-state index in [-0.39, 0.29) is 11.7 Å². The summed E-state index contributed by atoms with van der Waals surface area (Å²) in [6, 6.07) is 16.0. The van der Waals surface area contributed by atoms with Crippen LogP contribution in [-0.4, -0.2) is 27.0 Å². The van der Waals surface area contributed by atoms with Crippen LogP contribution in [0.4, 0.5) is 4.39 Å². The van der Waals surface area contributed by atoms with Gasteiger partial charge in [0, 0.05) is 24.1 Å². The fourth-order valence-electron chi connectivity index (χ4n) is 3.15. The number of benzene rings is 2. The van der Waals surface area contributed by atoms with Crippen molar-refractivity contribution in [2.24, 2.45) is 0 Å². The van der Waals surface area contributed by atoms with Crippen LogP contribution < -0.4 is 5.32 Å². The molecular weight excluding hydrogens is 399 g/mol. The van der Waals surface area contributed by atoms with E-state index < -0.39 is 0 Å². The van der Waals surface area contributed by atoms with Crippen LogP contribution in [0.15, 0.2) is 72.1 Å². The molecule has 0 aliphatic carbocycles. The van der Waals surface area contributed by atoms with Gasteiger partial charge in [-0.05, 0) is 48.4 Å². The number of rotatable bonds is 7. The molecule has 0 aliphatic heterocycles. The van der Waals surface area contributed by atoms with E-state index in [9.17, 15) is 9.18 Å². The van der Waals surface area contributed by atoms with Gasteiger partial charge in [-0.2, -0.15) is 0 Å². The third-order valence-electron chi connectivity index (χ3n) is 4.69. The molecule has 0 saturated heterocycles. The molecule has 1 N–H and O–H groups in total. The summed E-state index contributed by atoms with van der Waals surface area (Å²) in [5.41, 5.74) is 4.57. The summed E-state index contributed by atoms with van der Waals surface area (Å²) in [6.07, 6.45) is 3.54. The van der Waals surface area contributed by atoms with Crippen molar-refractivity contribution in [3.8, 4) is 0 Å². The Kier molecular flexibility index (Phi) is 6.09. The number of carbonyl (C=O) groups excluding carboxylic acids is 1. The average molecular weight is 421 g/mol. The van der Waals surface area contributed by atoms with Gasteiger partial charge in [0.2, 0.25) is 0 Å². The van der Waals surface area contributed by atoms with Crippen LogP contribution in [0.2, 0.25) is 0 Å². The van der Waals surface area contributed by atoms with Gasteiger partial charge in [0.1, 0.15) is 5.82 Å². The lowest BCUT2D eigenvalue weighted by molar-refractivity contribution is 0.0956. The van der Waals surface area contributed by atoms with Gasteiger partial charge in [-0.3, -0.25) is 9.78 Å². The third kappa shape index (κ3) is 4.52. The van der Waals surface area contributed by atoms with Gasteiger partial charge >= 0.3 is 0 Å². The Labute approximate surface area is 178 Å². The second-order valence-corrected chi connectivity index (χ2v) is 7.76. The number of imidazole rings is 1. The maximum atomic E-state index is 13.2. The Bertz CT molecular complexity index is 1160. The lowest BCUT2D eigenvalue weighted by Gasteiger charge is -2.10. The summed E-state index contributed by atoms with van der Waals surface area (Å²) in [6.45, 7) is 3.11. The van der Waals surface area contributed by atoms with Crippen LogP contribution in [-0.2, 0) is 12.3 Å². The Morgan fingerprint density at radius 3 is 2.53 bits per heavy atom. The molecule has 0 radical (unpaired) electrons. The van der Waals surface area contributed by atoms with Gasteiger partial charge in [0.15, 0.2) is 5.16 Å². The number of fused-ring (bicyclic) bond motifs is 1. The van der Waals surface area contributed by atoms with E-state index in [1.165, 1.54) is 12.1 Å². The maximum absolute atomic E-state index is 13.2. The van der Waals surface area contributed by atoms with Gasteiger partial charge in [0.25, 0.3) is 5.91 Å². The highest BCUT2D eigenvalue weighted by atomic mass is 32.2. The normalized spacial score (nSPS) is 11.0. The SMILES string of the molecule is CCNC(=O)c1ccc(Cn2c(SCc3ccc(F)cc3)nc3ccncc32)cc1. The lowest BCUT2D eigenvalue weighted by atomic mass is 10.1. The first kappa shape index (κ1) is 20.1. The number of amides is 1. The molecule has 30 heavy (non-hydrogen) atoms. The van der Waals surface area contributed by atoms with E-state index in [2.05, 4.69) is 14.9 Å². The zero-order valence-corrected chi connectivity index (χ0v) is 17.3. The molecule has 5 nitrogen and oxygen atoms in total. The lowest BCUT2D eigenvalue weighted by Crippen LogP contribution is -2.22. The van der Waals surface area contributed by atoms with Gasteiger partial charge in [0.05, 0.1) is 23.8 Å². The van der Waals surface area contributed by atoms with Crippen molar-refractivity contribution in [3.63, 3.8) is 0 Å². The van der Waals surface area contributed by atoms with Crippen LogP contribution in [0.25, 0.3) is 11.0 Å². The topological polar surface area (TPSA) is 59.8 Å². The van der Waals surface area contributed by atoms with Crippen LogP contribution in [0.5, 0.6) is 0 Å². The molecule has 0 fully saturated rings. The van der Waals surface area contributed by atoms with E-state index in [0.717, 1.165) is 27.3 Å². The summed E-state index contributed by atoms with van der Waals surface area (Å²) in [5.74, 6) is 0.377. The van der Waals surface area contributed by atoms with E-state index in [4.69, 9.17) is 4.98 Å². The largest absolute Gasteiger partial charge is 0.352 e. The van der Waals surface area contributed by atoms with E-state index in [0.29, 0.717) is 24.4 Å². The van der Waals surface area contributed by atoms with Crippen molar-refractivity contribution in [3.05, 3.63) is 89.5 Å². The summed E-state index contributed by atoms with van der Waals surface area (Å²) >= 11 is 1.60. The number of hydrogen-bond acceptors (Lipinski definition) is 4. The summed E-state index contributed by atoms with van der Waals surface area (Å²) in [5, 5.41) is 3.68. The predicted octanol–water partition coefficient (Wildman–Crippen LogP) is 4.66. The summed E-state index contributed by atoms with van der Waals surface area (Å²) in [4.78, 5) is 21.0. The predicted molar refractivity (Wildman–Crippen MR) is 117 cm³/mol. The maximum Gasteiger partial charge on any atom is 0.251 e. The first-order valence-electron chi connectivity index (χ1n) is 9.68. The monoisotopic (exact) mass is 420 g/mol. The van der Waals surface area contributed by atoms with Crippen LogP contribution in [0.3, 0.4) is 0 Å². The van der Waals surface area contributed by atoms with Crippen LogP contribution in [0, 0.1) is 5.82 Å². The molecule has 0 unspecified atom stereocenters. The van der Waals surface area contributed by atoms with Crippen molar-refractivity contribution in [2.75, 3.05) is 6.54 Å². The molecule has 152 valence electrons. The number of nitrogens with one attached hydrogen (secondary N) is 1. The fraction of sp³-hybridized carbons (Fsp3) is 0.174. The molecule has 0 bridgehead atoms. The number of carbonyl (C=O) groups is 1. The van der Waals surface area contributed by atoms with Crippen LogP contribution >= 0.6 is 11.8 Å². The number of hydrogen-bond donors (Lipinski definition) is 1. The second kappa shape index (κ2) is 9.09. The van der Waals surface area contributed by atoms with Crippen LogP contribution in [0.1, 0.15) is 28.4 Å². The van der Waals surface area contributed by atoms with Crippen molar-refractivity contribution >= 4 is 28.7 Å². The fourth-order valence-corrected chi connectivity index (χ4v) is 4.12. The average Bonchev–Trinajstić information content (AvgIpc) is 3.11. The van der Waals surface area contributed by atoms with Crippen molar-refractivity contribution in [2.45, 2.75) is 24.4 Å². The number of thioether (sulfide) groups is 1. The number of aromatic nitrogens is 3. The summed E-state index contributed by atoms with van der Waals surface area (Å²) in [7, 11) is 0. The number of pyridine rings is 1. The van der Waals surface area contributed by atoms with Gasteiger partial charge in [-0.1, -0.05) is 36.0 Å². The first-order valence-corrected chi connectivity index (χ1v) is 10.7. The number of nitrogens with zero attached hydrogens (tertiary/aromatic N) is 3. The smallest absolute Gasteiger partial charge is 0.251 e. The molecule has 0 saturated carbocycles. The quantitative estimate of drug-likeness (QED) is 0.442. The molecule has 7 heteroatoms. The molecular formula is C23H21FN4OS. The molecule has 1 amide bonds. The molecule has 2 aromatic heterocycles. The molecule has 2 aromatic carbocycles. The number of halogens is 1. The molecule has 0 spiro atoms. The zero-order chi connectivity index (χ0) is 20.9. The van der Waals surface area contributed by atoms with Gasteiger partial charge < -0.3 is 9.88 Å². The highest BCUT2D eigenvalue weighted by Gasteiger charge is 2.13. The Morgan fingerprint density at radius 1 is 1.07 bits per heavy atom. The summed E-state index contributed by atoms with van der Waals surface area (Å²) < 4.78 is 15.3. The molecule has 4 aromatic rings. The Hall–Kier alpha value is -3.19. The molecule has 4 rings (SSSR count). The molecule has 0 atom stereocenters. The molecule has 0 aliphatic rings. The van der Waals surface area contributed by atoms with E-state index >= 15 is 0 Å². The second-order valence-electron chi connectivity index (χ2n) is 6.82. The third-order valence-corrected chi connectivity index (χ3v) is 5.74. The van der Waals surface area contributed by atoms with Gasteiger partial charge in [-0.15, -0.1) is 0 Å². The van der Waals surface area contributed by atoms with Gasteiger partial charge in [-0.25, -0.2) is 9.37 Å². The minimum absolute atomic E-state index is 0.0723. The minimum Gasteiger partial charge on any atom is -0.352 e. The van der Waals surface area contributed by atoms with E-state index in [1.54, 1.807) is 30.1 Å². The zero-order valence-electron chi connectivity index (χ0n) is 16.5. The highest BCUT2D eigenvalue weighted by Crippen LogP contribution is 2.27. The first-order chi connectivity index (χ1) is 14.6. The minimum atomic E-state index is -0.238.